The molecule has 0 fully saturated rings. The number of hydrogen-bond donors (Lipinski definition) is 4. The van der Waals surface area contributed by atoms with E-state index < -0.39 is 5.91 Å². The molecule has 4 N–H and O–H groups in total. The van der Waals surface area contributed by atoms with E-state index in [1.54, 1.807) is 30.4 Å². The van der Waals surface area contributed by atoms with Gasteiger partial charge in [-0.1, -0.05) is 30.4 Å². The summed E-state index contributed by atoms with van der Waals surface area (Å²) < 4.78 is 12.9. The maximum atomic E-state index is 12.9. The number of halogens is 1. The molecular weight excluding hydrogens is 373 g/mol. The highest BCUT2D eigenvalue weighted by Gasteiger charge is 2.11. The lowest BCUT2D eigenvalue weighted by molar-refractivity contribution is 0.0951. The van der Waals surface area contributed by atoms with Gasteiger partial charge in [-0.3, -0.25) is 4.79 Å². The number of benzene rings is 3. The Hall–Kier alpha value is -3.80. The number of carbonyl (C=O) groups excluding carboxylic acids is 1. The molecule has 0 spiro atoms. The molecule has 148 valence electrons. The van der Waals surface area contributed by atoms with Gasteiger partial charge in [-0.05, 0) is 60.0 Å². The fourth-order valence-corrected chi connectivity index (χ4v) is 2.77. The molecule has 0 heterocycles. The van der Waals surface area contributed by atoms with Crippen molar-refractivity contribution in [1.29, 1.82) is 0 Å². The molecule has 0 aliphatic heterocycles. The standard InChI is InChI=1S/C23H20FNO4/c24-18-6-2-15(3-7-18)11-12-25-23(29)20-13-16(4-9-22(20)28)1-5-17-14-19(26)8-10-21(17)27/h1-10,13-14,26-28H,11-12H2,(H,25,29)/b5-1-. The van der Waals surface area contributed by atoms with Gasteiger partial charge >= 0.3 is 0 Å². The fraction of sp³-hybridized carbons (Fsp3) is 0.0870. The first-order valence-electron chi connectivity index (χ1n) is 8.98. The Morgan fingerprint density at radius 1 is 0.897 bits per heavy atom. The summed E-state index contributed by atoms with van der Waals surface area (Å²) in [6.07, 6.45) is 3.78. The third kappa shape index (κ3) is 5.35. The molecular formula is C23H20FNO4. The van der Waals surface area contributed by atoms with Crippen molar-refractivity contribution in [3.63, 3.8) is 0 Å². The predicted octanol–water partition coefficient (Wildman–Crippen LogP) is 4.09. The summed E-state index contributed by atoms with van der Waals surface area (Å²) in [5.74, 6) is -0.862. The third-order valence-corrected chi connectivity index (χ3v) is 4.34. The molecule has 0 aliphatic rings. The second-order valence-corrected chi connectivity index (χ2v) is 6.49. The van der Waals surface area contributed by atoms with Crippen LogP contribution in [-0.4, -0.2) is 27.8 Å². The van der Waals surface area contributed by atoms with E-state index in [4.69, 9.17) is 0 Å². The SMILES string of the molecule is O=C(NCCc1ccc(F)cc1)c1cc(/C=C\c2cc(O)ccc2O)ccc1O. The van der Waals surface area contributed by atoms with Crippen LogP contribution < -0.4 is 5.32 Å². The maximum absolute atomic E-state index is 12.9. The molecule has 6 heteroatoms. The van der Waals surface area contributed by atoms with Gasteiger partial charge < -0.3 is 20.6 Å². The molecule has 0 saturated carbocycles. The smallest absolute Gasteiger partial charge is 0.255 e. The average Bonchev–Trinajstić information content (AvgIpc) is 2.71. The highest BCUT2D eigenvalue weighted by Crippen LogP contribution is 2.25. The van der Waals surface area contributed by atoms with E-state index in [0.29, 0.717) is 24.1 Å². The summed E-state index contributed by atoms with van der Waals surface area (Å²) in [7, 11) is 0. The zero-order valence-electron chi connectivity index (χ0n) is 15.5. The quantitative estimate of drug-likeness (QED) is 0.375. The van der Waals surface area contributed by atoms with Crippen molar-refractivity contribution in [3.05, 3.63) is 88.7 Å². The van der Waals surface area contributed by atoms with Gasteiger partial charge in [-0.25, -0.2) is 4.39 Å². The van der Waals surface area contributed by atoms with Crippen molar-refractivity contribution in [1.82, 2.24) is 5.32 Å². The van der Waals surface area contributed by atoms with Crippen molar-refractivity contribution in [2.75, 3.05) is 6.54 Å². The molecule has 0 bridgehead atoms. The van der Waals surface area contributed by atoms with Crippen LogP contribution in [-0.2, 0) is 6.42 Å². The van der Waals surface area contributed by atoms with Gasteiger partial charge in [-0.2, -0.15) is 0 Å². The van der Waals surface area contributed by atoms with Crippen LogP contribution in [0.1, 0.15) is 27.0 Å². The van der Waals surface area contributed by atoms with Crippen LogP contribution in [0.2, 0.25) is 0 Å². The lowest BCUT2D eigenvalue weighted by atomic mass is 10.1. The van der Waals surface area contributed by atoms with Gasteiger partial charge in [0.1, 0.15) is 23.1 Å². The predicted molar refractivity (Wildman–Crippen MR) is 109 cm³/mol. The van der Waals surface area contributed by atoms with Gasteiger partial charge in [0.25, 0.3) is 5.91 Å². The monoisotopic (exact) mass is 393 g/mol. The molecule has 3 rings (SSSR count). The second kappa shape index (κ2) is 8.93. The number of nitrogens with one attached hydrogen (secondary N) is 1. The fourth-order valence-electron chi connectivity index (χ4n) is 2.77. The molecule has 3 aromatic carbocycles. The topological polar surface area (TPSA) is 89.8 Å². The molecule has 0 aromatic heterocycles. The van der Waals surface area contributed by atoms with Crippen molar-refractivity contribution >= 4 is 18.1 Å². The molecule has 0 aliphatic carbocycles. The number of aromatic hydroxyl groups is 3. The molecule has 5 nitrogen and oxygen atoms in total. The van der Waals surface area contributed by atoms with E-state index in [1.807, 2.05) is 0 Å². The van der Waals surface area contributed by atoms with Crippen LogP contribution >= 0.6 is 0 Å². The molecule has 1 amide bonds. The summed E-state index contributed by atoms with van der Waals surface area (Å²) in [5, 5.41) is 32.1. The van der Waals surface area contributed by atoms with Crippen LogP contribution in [0.4, 0.5) is 4.39 Å². The highest BCUT2D eigenvalue weighted by molar-refractivity contribution is 5.97. The molecule has 0 unspecified atom stereocenters. The first kappa shape index (κ1) is 19.9. The van der Waals surface area contributed by atoms with E-state index in [2.05, 4.69) is 5.32 Å². The Labute approximate surface area is 167 Å². The minimum Gasteiger partial charge on any atom is -0.508 e. The van der Waals surface area contributed by atoms with Crippen LogP contribution in [0.25, 0.3) is 12.2 Å². The number of rotatable bonds is 6. The van der Waals surface area contributed by atoms with E-state index in [0.717, 1.165) is 5.56 Å². The lowest BCUT2D eigenvalue weighted by Crippen LogP contribution is -2.25. The average molecular weight is 393 g/mol. The largest absolute Gasteiger partial charge is 0.508 e. The summed E-state index contributed by atoms with van der Waals surface area (Å²) in [6, 6.07) is 14.8. The minimum atomic E-state index is -0.430. The van der Waals surface area contributed by atoms with E-state index in [9.17, 15) is 24.5 Å². The number of amides is 1. The van der Waals surface area contributed by atoms with Crippen molar-refractivity contribution < 1.29 is 24.5 Å². The number of carbonyl (C=O) groups is 1. The van der Waals surface area contributed by atoms with E-state index in [-0.39, 0.29) is 28.6 Å². The summed E-state index contributed by atoms with van der Waals surface area (Å²) in [6.45, 7) is 0.334. The normalized spacial score (nSPS) is 10.9. The maximum Gasteiger partial charge on any atom is 0.255 e. The Bertz CT molecular complexity index is 1050. The molecule has 0 radical (unpaired) electrons. The van der Waals surface area contributed by atoms with Crippen LogP contribution in [0.3, 0.4) is 0 Å². The third-order valence-electron chi connectivity index (χ3n) is 4.34. The van der Waals surface area contributed by atoms with E-state index in [1.165, 1.54) is 42.5 Å². The zero-order chi connectivity index (χ0) is 20.8. The zero-order valence-corrected chi connectivity index (χ0v) is 15.5. The Morgan fingerprint density at radius 2 is 1.62 bits per heavy atom. The Kier molecular flexibility index (Phi) is 6.14. The second-order valence-electron chi connectivity index (χ2n) is 6.49. The van der Waals surface area contributed by atoms with Crippen molar-refractivity contribution in [2.45, 2.75) is 6.42 Å². The summed E-state index contributed by atoms with van der Waals surface area (Å²) in [5.41, 5.74) is 2.06. The van der Waals surface area contributed by atoms with E-state index >= 15 is 0 Å². The minimum absolute atomic E-state index is 0.0107. The number of hydrogen-bond acceptors (Lipinski definition) is 4. The Balaban J connectivity index is 1.67. The first-order valence-corrected chi connectivity index (χ1v) is 8.98. The van der Waals surface area contributed by atoms with Gasteiger partial charge in [0.05, 0.1) is 5.56 Å². The molecule has 0 atom stereocenters. The first-order chi connectivity index (χ1) is 13.9. The van der Waals surface area contributed by atoms with Crippen LogP contribution in [0.15, 0.2) is 60.7 Å². The van der Waals surface area contributed by atoms with Gasteiger partial charge in [0, 0.05) is 12.1 Å². The van der Waals surface area contributed by atoms with Crippen molar-refractivity contribution in [2.24, 2.45) is 0 Å². The summed E-state index contributed by atoms with van der Waals surface area (Å²) >= 11 is 0. The molecule has 0 saturated heterocycles. The van der Waals surface area contributed by atoms with Crippen molar-refractivity contribution in [3.8, 4) is 17.2 Å². The lowest BCUT2D eigenvalue weighted by Gasteiger charge is -2.08. The van der Waals surface area contributed by atoms with Crippen LogP contribution in [0, 0.1) is 5.82 Å². The van der Waals surface area contributed by atoms with Crippen LogP contribution in [0.5, 0.6) is 17.2 Å². The summed E-state index contributed by atoms with van der Waals surface area (Å²) in [4.78, 5) is 12.4. The Morgan fingerprint density at radius 3 is 2.38 bits per heavy atom. The number of phenols is 3. The molecule has 29 heavy (non-hydrogen) atoms. The molecule has 3 aromatic rings. The highest BCUT2D eigenvalue weighted by atomic mass is 19.1. The van der Waals surface area contributed by atoms with Gasteiger partial charge in [-0.15, -0.1) is 0 Å². The van der Waals surface area contributed by atoms with Gasteiger partial charge in [0.2, 0.25) is 0 Å². The number of phenolic OH excluding ortho intramolecular Hbond substituents is 3. The van der Waals surface area contributed by atoms with Gasteiger partial charge in [0.15, 0.2) is 0 Å².